The van der Waals surface area contributed by atoms with Crippen LogP contribution in [0.25, 0.3) is 0 Å². The molecule has 0 bridgehead atoms. The lowest BCUT2D eigenvalue weighted by Crippen LogP contribution is -2.69. The van der Waals surface area contributed by atoms with Gasteiger partial charge in [0.25, 0.3) is 0 Å². The molecule has 5 rings (SSSR count). The monoisotopic (exact) mass is 795 g/mol. The minimum absolute atomic E-state index is 0.0351. The Balaban J connectivity index is 1.41. The van der Waals surface area contributed by atoms with E-state index < -0.39 is 72.5 Å². The molecule has 0 unspecified atom stereocenters. The molecule has 1 heterocycles. The normalized spacial score (nSPS) is 19.6. The highest BCUT2D eigenvalue weighted by atomic mass is 16.6. The standard InChI is InChI=1S/C45H53N3O10/c1-31(49)46-39-41(55-28-34-21-13-7-14-22-34)40(54-27-33-19-11-6-12-20-33)37(30-53-26-32-17-9-5-10-18-32)57-42(39)48-38(50)25-36(47-44(52)58-45(2,3)4)43(51)56-29-35-23-15-8-16-24-35/h5-24,36-37,39-42H,25-30H2,1-4H3,(H,46,49)(H,47,52)(H,48,50)/t36-,37+,39+,40+,41+,42+/m0/s1. The van der Waals surface area contributed by atoms with Crippen LogP contribution in [-0.2, 0) is 69.2 Å². The number of carbonyl (C=O) groups excluding carboxylic acids is 4. The maximum absolute atomic E-state index is 14.0. The van der Waals surface area contributed by atoms with Crippen molar-refractivity contribution in [3.63, 3.8) is 0 Å². The molecule has 1 saturated heterocycles. The van der Waals surface area contributed by atoms with Gasteiger partial charge >= 0.3 is 12.1 Å². The van der Waals surface area contributed by atoms with Crippen molar-refractivity contribution < 1.29 is 47.6 Å². The summed E-state index contributed by atoms with van der Waals surface area (Å²) in [5, 5.41) is 8.26. The second kappa shape index (κ2) is 21.8. The zero-order chi connectivity index (χ0) is 41.3. The third kappa shape index (κ3) is 14.4. The van der Waals surface area contributed by atoms with Crippen molar-refractivity contribution in [1.29, 1.82) is 0 Å². The van der Waals surface area contributed by atoms with Crippen molar-refractivity contribution in [1.82, 2.24) is 16.0 Å². The third-order valence-electron chi connectivity index (χ3n) is 8.92. The summed E-state index contributed by atoms with van der Waals surface area (Å²) in [5.41, 5.74) is 2.57. The fraction of sp³-hybridized carbons (Fsp3) is 0.378. The van der Waals surface area contributed by atoms with Gasteiger partial charge in [-0.05, 0) is 43.0 Å². The number of carbonyl (C=O) groups is 4. The van der Waals surface area contributed by atoms with E-state index in [1.807, 2.05) is 97.1 Å². The zero-order valence-corrected chi connectivity index (χ0v) is 33.3. The molecule has 0 aromatic heterocycles. The van der Waals surface area contributed by atoms with Crippen LogP contribution in [0.2, 0.25) is 0 Å². The van der Waals surface area contributed by atoms with Crippen molar-refractivity contribution in [3.05, 3.63) is 144 Å². The summed E-state index contributed by atoms with van der Waals surface area (Å²) >= 11 is 0. The minimum atomic E-state index is -1.43. The zero-order valence-electron chi connectivity index (χ0n) is 33.3. The van der Waals surface area contributed by atoms with Gasteiger partial charge in [0.15, 0.2) is 6.23 Å². The van der Waals surface area contributed by atoms with E-state index in [2.05, 4.69) is 16.0 Å². The summed E-state index contributed by atoms with van der Waals surface area (Å²) in [7, 11) is 0. The highest BCUT2D eigenvalue weighted by molar-refractivity contribution is 5.88. The molecule has 0 saturated carbocycles. The van der Waals surface area contributed by atoms with E-state index in [0.29, 0.717) is 0 Å². The Kier molecular flexibility index (Phi) is 16.4. The molecule has 0 spiro atoms. The molecule has 3 amide bonds. The van der Waals surface area contributed by atoms with Crippen LogP contribution in [0.3, 0.4) is 0 Å². The summed E-state index contributed by atoms with van der Waals surface area (Å²) in [5.74, 6) is -1.94. The molecular weight excluding hydrogens is 743 g/mol. The molecule has 13 heteroatoms. The van der Waals surface area contributed by atoms with E-state index in [-0.39, 0.29) is 33.0 Å². The molecule has 1 aliphatic heterocycles. The number of ether oxygens (including phenoxy) is 6. The summed E-state index contributed by atoms with van der Waals surface area (Å²) in [6, 6.07) is 35.4. The molecule has 308 valence electrons. The van der Waals surface area contributed by atoms with Crippen LogP contribution in [0.5, 0.6) is 0 Å². The Morgan fingerprint density at radius 2 is 1.14 bits per heavy atom. The molecule has 0 aliphatic carbocycles. The first-order valence-corrected chi connectivity index (χ1v) is 19.3. The van der Waals surface area contributed by atoms with Crippen LogP contribution < -0.4 is 16.0 Å². The van der Waals surface area contributed by atoms with E-state index in [0.717, 1.165) is 22.3 Å². The summed E-state index contributed by atoms with van der Waals surface area (Å²) < 4.78 is 36.9. The first kappa shape index (κ1) is 43.5. The number of nitrogens with one attached hydrogen (secondary N) is 3. The van der Waals surface area contributed by atoms with Gasteiger partial charge in [0.05, 0.1) is 32.8 Å². The minimum Gasteiger partial charge on any atom is -0.459 e. The average molecular weight is 796 g/mol. The second-order valence-corrected chi connectivity index (χ2v) is 14.9. The van der Waals surface area contributed by atoms with E-state index >= 15 is 0 Å². The first-order valence-electron chi connectivity index (χ1n) is 19.3. The van der Waals surface area contributed by atoms with Crippen molar-refractivity contribution in [3.8, 4) is 0 Å². The topological polar surface area (TPSA) is 160 Å². The van der Waals surface area contributed by atoms with Crippen LogP contribution in [0.1, 0.15) is 56.4 Å². The van der Waals surface area contributed by atoms with Crippen molar-refractivity contribution in [2.75, 3.05) is 6.61 Å². The lowest BCUT2D eigenvalue weighted by atomic mass is 9.94. The smallest absolute Gasteiger partial charge is 0.408 e. The van der Waals surface area contributed by atoms with Gasteiger partial charge in [0, 0.05) is 6.92 Å². The largest absolute Gasteiger partial charge is 0.459 e. The van der Waals surface area contributed by atoms with Crippen LogP contribution in [0.15, 0.2) is 121 Å². The van der Waals surface area contributed by atoms with Gasteiger partial charge in [-0.1, -0.05) is 121 Å². The van der Waals surface area contributed by atoms with E-state index in [4.69, 9.17) is 28.4 Å². The molecule has 1 aliphatic rings. The van der Waals surface area contributed by atoms with Gasteiger partial charge < -0.3 is 44.4 Å². The molecule has 4 aromatic rings. The van der Waals surface area contributed by atoms with E-state index in [1.165, 1.54) is 6.92 Å². The molecule has 0 radical (unpaired) electrons. The number of esters is 1. The Morgan fingerprint density at radius 1 is 0.655 bits per heavy atom. The second-order valence-electron chi connectivity index (χ2n) is 14.9. The maximum atomic E-state index is 14.0. The van der Waals surface area contributed by atoms with Crippen molar-refractivity contribution in [2.45, 2.75) is 103 Å². The molecule has 58 heavy (non-hydrogen) atoms. The van der Waals surface area contributed by atoms with Crippen LogP contribution in [-0.4, -0.2) is 72.7 Å². The average Bonchev–Trinajstić information content (AvgIpc) is 3.20. The third-order valence-corrected chi connectivity index (χ3v) is 8.92. The Morgan fingerprint density at radius 3 is 1.64 bits per heavy atom. The Labute approximate surface area is 339 Å². The molecule has 6 atom stereocenters. The Bertz CT molecular complexity index is 1880. The number of alkyl carbamates (subject to hydrolysis) is 1. The van der Waals surface area contributed by atoms with Gasteiger partial charge in [-0.15, -0.1) is 0 Å². The molecule has 1 fully saturated rings. The molecular formula is C45H53N3O10. The Hall–Kier alpha value is -5.60. The predicted molar refractivity (Wildman–Crippen MR) is 215 cm³/mol. The van der Waals surface area contributed by atoms with Gasteiger partial charge in [-0.2, -0.15) is 0 Å². The van der Waals surface area contributed by atoms with Gasteiger partial charge in [0.2, 0.25) is 11.8 Å². The predicted octanol–water partition coefficient (Wildman–Crippen LogP) is 5.75. The number of benzene rings is 4. The molecule has 13 nitrogen and oxygen atoms in total. The highest BCUT2D eigenvalue weighted by Gasteiger charge is 2.49. The summed E-state index contributed by atoms with van der Waals surface area (Å²) in [6.07, 6.45) is -5.12. The molecule has 3 N–H and O–H groups in total. The highest BCUT2D eigenvalue weighted by Crippen LogP contribution is 2.28. The number of amides is 3. The van der Waals surface area contributed by atoms with Crippen molar-refractivity contribution in [2.24, 2.45) is 0 Å². The van der Waals surface area contributed by atoms with E-state index in [1.54, 1.807) is 45.0 Å². The van der Waals surface area contributed by atoms with Crippen LogP contribution >= 0.6 is 0 Å². The van der Waals surface area contributed by atoms with E-state index in [9.17, 15) is 19.2 Å². The van der Waals surface area contributed by atoms with Crippen molar-refractivity contribution >= 4 is 23.9 Å². The molecule has 4 aromatic carbocycles. The fourth-order valence-electron chi connectivity index (χ4n) is 6.27. The first-order chi connectivity index (χ1) is 27.9. The number of rotatable bonds is 18. The number of hydrogen-bond acceptors (Lipinski definition) is 10. The SMILES string of the molecule is CC(=O)N[C@@H]1[C@@H](OCc2ccccc2)[C@H](OCc2ccccc2)[C@@H](COCc2ccccc2)O[C@H]1NC(=O)C[C@H](NC(=O)OC(C)(C)C)C(=O)OCc1ccccc1. The summed E-state index contributed by atoms with van der Waals surface area (Å²) in [6.45, 7) is 6.96. The summed E-state index contributed by atoms with van der Waals surface area (Å²) in [4.78, 5) is 53.1. The van der Waals surface area contributed by atoms with Gasteiger partial charge in [-0.25, -0.2) is 9.59 Å². The lowest BCUT2D eigenvalue weighted by molar-refractivity contribution is -0.237. The fourth-order valence-corrected chi connectivity index (χ4v) is 6.27. The maximum Gasteiger partial charge on any atom is 0.408 e. The number of hydrogen-bond donors (Lipinski definition) is 3. The van der Waals surface area contributed by atoms with Crippen LogP contribution in [0, 0.1) is 0 Å². The lowest BCUT2D eigenvalue weighted by Gasteiger charge is -2.46. The quantitative estimate of drug-likeness (QED) is 0.106. The van der Waals surface area contributed by atoms with Crippen LogP contribution in [0.4, 0.5) is 4.79 Å². The van der Waals surface area contributed by atoms with Gasteiger partial charge in [0.1, 0.15) is 42.6 Å². The van der Waals surface area contributed by atoms with Gasteiger partial charge in [-0.3, -0.25) is 9.59 Å².